The van der Waals surface area contributed by atoms with Crippen LogP contribution in [0.15, 0.2) is 18.2 Å². The first-order valence-electron chi connectivity index (χ1n) is 11.5. The number of hydrogen-bond acceptors (Lipinski definition) is 7. The van der Waals surface area contributed by atoms with Crippen LogP contribution >= 0.6 is 0 Å². The summed E-state index contributed by atoms with van der Waals surface area (Å²) in [6, 6.07) is 4.71. The van der Waals surface area contributed by atoms with Crippen LogP contribution < -0.4 is 16.0 Å². The fraction of sp³-hybridized carbons (Fsp3) is 0.565. The maximum absolute atomic E-state index is 13.3. The molecule has 0 spiro atoms. The quantitative estimate of drug-likeness (QED) is 0.650. The fourth-order valence-corrected chi connectivity index (χ4v) is 5.46. The molecule has 4 aliphatic heterocycles. The molecule has 2 unspecified atom stereocenters. The van der Waals surface area contributed by atoms with E-state index in [-0.39, 0.29) is 18.7 Å². The second-order valence-electron chi connectivity index (χ2n) is 9.39. The summed E-state index contributed by atoms with van der Waals surface area (Å²) in [7, 11) is 0. The van der Waals surface area contributed by atoms with E-state index in [4.69, 9.17) is 5.73 Å². The molecule has 170 valence electrons. The number of nitrogens with zero attached hydrogens (tertiary/aromatic N) is 3. The van der Waals surface area contributed by atoms with E-state index in [1.165, 1.54) is 0 Å². The molecule has 4 amide bonds. The van der Waals surface area contributed by atoms with Gasteiger partial charge in [0, 0.05) is 32.1 Å². The van der Waals surface area contributed by atoms with Gasteiger partial charge < -0.3 is 15.5 Å². The topological polar surface area (TPSA) is 116 Å². The van der Waals surface area contributed by atoms with Gasteiger partial charge in [-0.25, -0.2) is 0 Å². The SMILES string of the molecule is NC1CCN(CC2CCN(c3cccc4c3C(=O)N(C3CCC(=O)NC3=O)C4=O)C2)CC1. The van der Waals surface area contributed by atoms with Gasteiger partial charge >= 0.3 is 0 Å². The van der Waals surface area contributed by atoms with Gasteiger partial charge in [-0.3, -0.25) is 29.4 Å². The average molecular weight is 440 g/mol. The van der Waals surface area contributed by atoms with E-state index in [1.54, 1.807) is 12.1 Å². The van der Waals surface area contributed by atoms with Crippen molar-refractivity contribution >= 4 is 29.3 Å². The maximum Gasteiger partial charge on any atom is 0.264 e. The minimum Gasteiger partial charge on any atom is -0.371 e. The van der Waals surface area contributed by atoms with Crippen LogP contribution in [-0.2, 0) is 9.59 Å². The highest BCUT2D eigenvalue weighted by Gasteiger charge is 2.46. The predicted molar refractivity (Wildman–Crippen MR) is 117 cm³/mol. The Hall–Kier alpha value is -2.78. The first-order valence-corrected chi connectivity index (χ1v) is 11.5. The Kier molecular flexibility index (Phi) is 5.46. The summed E-state index contributed by atoms with van der Waals surface area (Å²) >= 11 is 0. The molecule has 5 rings (SSSR count). The first-order chi connectivity index (χ1) is 15.4. The van der Waals surface area contributed by atoms with Crippen molar-refractivity contribution < 1.29 is 19.2 Å². The molecule has 0 saturated carbocycles. The number of nitrogens with one attached hydrogen (secondary N) is 1. The highest BCUT2D eigenvalue weighted by atomic mass is 16.2. The minimum absolute atomic E-state index is 0.117. The lowest BCUT2D eigenvalue weighted by Gasteiger charge is -2.32. The smallest absolute Gasteiger partial charge is 0.264 e. The van der Waals surface area contributed by atoms with Crippen LogP contribution in [0.5, 0.6) is 0 Å². The molecular weight excluding hydrogens is 410 g/mol. The zero-order chi connectivity index (χ0) is 22.4. The Morgan fingerprint density at radius 1 is 0.969 bits per heavy atom. The Morgan fingerprint density at radius 3 is 2.50 bits per heavy atom. The van der Waals surface area contributed by atoms with E-state index in [0.717, 1.165) is 62.6 Å². The summed E-state index contributed by atoms with van der Waals surface area (Å²) in [5, 5.41) is 2.24. The van der Waals surface area contributed by atoms with Gasteiger partial charge in [0.05, 0.1) is 16.8 Å². The molecule has 0 radical (unpaired) electrons. The first kappa shape index (κ1) is 21.1. The standard InChI is InChI=1S/C23H29N5O4/c24-15-7-9-26(10-8-15)12-14-6-11-27(13-14)17-3-1-2-16-20(17)23(32)28(22(16)31)18-4-5-19(29)25-21(18)30/h1-3,14-15,18H,4-13,24H2,(H,25,29,30). The van der Waals surface area contributed by atoms with Crippen LogP contribution in [0.4, 0.5) is 5.69 Å². The summed E-state index contributed by atoms with van der Waals surface area (Å²) in [4.78, 5) is 55.9. The van der Waals surface area contributed by atoms with Crippen molar-refractivity contribution in [3.05, 3.63) is 29.3 Å². The van der Waals surface area contributed by atoms with E-state index in [2.05, 4.69) is 15.1 Å². The van der Waals surface area contributed by atoms with E-state index in [9.17, 15) is 19.2 Å². The van der Waals surface area contributed by atoms with Crippen LogP contribution in [0.3, 0.4) is 0 Å². The Morgan fingerprint density at radius 2 is 1.75 bits per heavy atom. The van der Waals surface area contributed by atoms with Gasteiger partial charge in [0.15, 0.2) is 0 Å². The van der Waals surface area contributed by atoms with Gasteiger partial charge in [-0.05, 0) is 56.8 Å². The molecule has 2 atom stereocenters. The Bertz CT molecular complexity index is 971. The van der Waals surface area contributed by atoms with Crippen molar-refractivity contribution in [2.75, 3.05) is 37.6 Å². The Balaban J connectivity index is 1.32. The number of piperidine rings is 2. The lowest BCUT2D eigenvalue weighted by atomic mass is 10.0. The number of imide groups is 2. The summed E-state index contributed by atoms with van der Waals surface area (Å²) in [6.45, 7) is 4.75. The van der Waals surface area contributed by atoms with E-state index < -0.39 is 23.8 Å². The summed E-state index contributed by atoms with van der Waals surface area (Å²) < 4.78 is 0. The molecule has 32 heavy (non-hydrogen) atoms. The number of nitrogens with two attached hydrogens (primary N) is 1. The molecule has 3 fully saturated rings. The van der Waals surface area contributed by atoms with Crippen molar-refractivity contribution in [2.24, 2.45) is 11.7 Å². The van der Waals surface area contributed by atoms with Crippen molar-refractivity contribution in [3.8, 4) is 0 Å². The van der Waals surface area contributed by atoms with Crippen LogP contribution in [0.1, 0.15) is 52.8 Å². The minimum atomic E-state index is -0.940. The number of anilines is 1. The number of amides is 4. The highest BCUT2D eigenvalue weighted by Crippen LogP contribution is 2.36. The molecule has 1 aromatic rings. The third-order valence-electron chi connectivity index (χ3n) is 7.22. The zero-order valence-corrected chi connectivity index (χ0v) is 18.1. The van der Waals surface area contributed by atoms with Gasteiger partial charge in [0.1, 0.15) is 6.04 Å². The second-order valence-corrected chi connectivity index (χ2v) is 9.39. The van der Waals surface area contributed by atoms with E-state index in [0.29, 0.717) is 23.1 Å². The number of rotatable bonds is 4. The molecule has 0 aromatic heterocycles. The average Bonchev–Trinajstić information content (AvgIpc) is 3.33. The van der Waals surface area contributed by atoms with Gasteiger partial charge in [-0.15, -0.1) is 0 Å². The molecule has 9 heteroatoms. The fourth-order valence-electron chi connectivity index (χ4n) is 5.46. The third-order valence-corrected chi connectivity index (χ3v) is 7.22. The number of hydrogen-bond donors (Lipinski definition) is 2. The van der Waals surface area contributed by atoms with Gasteiger partial charge in [-0.1, -0.05) is 6.07 Å². The van der Waals surface area contributed by atoms with E-state index >= 15 is 0 Å². The predicted octanol–water partition coefficient (Wildman–Crippen LogP) is 0.337. The molecule has 0 aliphatic carbocycles. The van der Waals surface area contributed by atoms with Crippen LogP contribution in [0.2, 0.25) is 0 Å². The molecule has 4 aliphatic rings. The van der Waals surface area contributed by atoms with Crippen LogP contribution in [0, 0.1) is 5.92 Å². The highest BCUT2D eigenvalue weighted by molar-refractivity contribution is 6.25. The lowest BCUT2D eigenvalue weighted by molar-refractivity contribution is -0.136. The molecule has 3 N–H and O–H groups in total. The van der Waals surface area contributed by atoms with Gasteiger partial charge in [-0.2, -0.15) is 0 Å². The molecule has 0 bridgehead atoms. The summed E-state index contributed by atoms with van der Waals surface area (Å²) in [5.74, 6) is -1.36. The normalized spacial score (nSPS) is 27.3. The lowest BCUT2D eigenvalue weighted by Crippen LogP contribution is -2.54. The molecule has 9 nitrogen and oxygen atoms in total. The molecule has 3 saturated heterocycles. The zero-order valence-electron chi connectivity index (χ0n) is 18.1. The Labute approximate surface area is 186 Å². The van der Waals surface area contributed by atoms with Crippen molar-refractivity contribution in [1.82, 2.24) is 15.1 Å². The van der Waals surface area contributed by atoms with Crippen molar-refractivity contribution in [1.29, 1.82) is 0 Å². The largest absolute Gasteiger partial charge is 0.371 e. The van der Waals surface area contributed by atoms with Crippen molar-refractivity contribution in [2.45, 2.75) is 44.2 Å². The van der Waals surface area contributed by atoms with E-state index in [1.807, 2.05) is 6.07 Å². The summed E-state index contributed by atoms with van der Waals surface area (Å²) in [5.41, 5.74) is 7.50. The number of carbonyl (C=O) groups excluding carboxylic acids is 4. The number of benzene rings is 1. The molecular formula is C23H29N5O4. The maximum atomic E-state index is 13.3. The van der Waals surface area contributed by atoms with Crippen molar-refractivity contribution in [3.63, 3.8) is 0 Å². The number of likely N-dealkylation sites (tertiary alicyclic amines) is 1. The molecule has 4 heterocycles. The van der Waals surface area contributed by atoms with Crippen LogP contribution in [-0.4, -0.2) is 78.2 Å². The second kappa shape index (κ2) is 8.29. The third kappa shape index (κ3) is 3.69. The van der Waals surface area contributed by atoms with Gasteiger partial charge in [0.25, 0.3) is 11.8 Å². The summed E-state index contributed by atoms with van der Waals surface area (Å²) in [6.07, 6.45) is 3.39. The monoisotopic (exact) mass is 439 g/mol. The van der Waals surface area contributed by atoms with Gasteiger partial charge in [0.2, 0.25) is 11.8 Å². The number of carbonyl (C=O) groups is 4. The number of fused-ring (bicyclic) bond motifs is 1. The molecule has 1 aromatic carbocycles. The van der Waals surface area contributed by atoms with Crippen LogP contribution in [0.25, 0.3) is 0 Å².